The van der Waals surface area contributed by atoms with Gasteiger partial charge in [-0.05, 0) is 25.1 Å². The first-order valence-electron chi connectivity index (χ1n) is 5.35. The SMILES string of the molecule is CCN(C)C(=O)CSc1cc(Br)ccc1C(=O)O. The van der Waals surface area contributed by atoms with E-state index in [1.165, 1.54) is 17.8 Å². The van der Waals surface area contributed by atoms with Crippen molar-refractivity contribution in [1.29, 1.82) is 0 Å². The van der Waals surface area contributed by atoms with Crippen LogP contribution in [-0.2, 0) is 4.79 Å². The molecule has 0 aliphatic carbocycles. The van der Waals surface area contributed by atoms with Gasteiger partial charge in [0, 0.05) is 23.0 Å². The first-order chi connectivity index (χ1) is 8.45. The van der Waals surface area contributed by atoms with E-state index >= 15 is 0 Å². The van der Waals surface area contributed by atoms with Gasteiger partial charge in [-0.15, -0.1) is 11.8 Å². The van der Waals surface area contributed by atoms with Crippen molar-refractivity contribution >= 4 is 39.6 Å². The van der Waals surface area contributed by atoms with Crippen LogP contribution >= 0.6 is 27.7 Å². The zero-order valence-corrected chi connectivity index (χ0v) is 12.5. The Kier molecular flexibility index (Phi) is 5.68. The van der Waals surface area contributed by atoms with Crippen molar-refractivity contribution in [2.24, 2.45) is 0 Å². The molecule has 0 atom stereocenters. The van der Waals surface area contributed by atoms with Gasteiger partial charge >= 0.3 is 5.97 Å². The number of halogens is 1. The van der Waals surface area contributed by atoms with Crippen molar-refractivity contribution in [3.8, 4) is 0 Å². The second-order valence-electron chi connectivity index (χ2n) is 3.64. The molecule has 0 spiro atoms. The molecule has 0 aliphatic rings. The van der Waals surface area contributed by atoms with Crippen LogP contribution in [0.15, 0.2) is 27.6 Å². The third kappa shape index (κ3) is 4.03. The summed E-state index contributed by atoms with van der Waals surface area (Å²) in [5.41, 5.74) is 0.218. The van der Waals surface area contributed by atoms with E-state index in [0.29, 0.717) is 11.4 Å². The molecule has 0 aliphatic heterocycles. The molecule has 1 aromatic carbocycles. The lowest BCUT2D eigenvalue weighted by molar-refractivity contribution is -0.126. The first-order valence-corrected chi connectivity index (χ1v) is 7.13. The van der Waals surface area contributed by atoms with Gasteiger partial charge in [0.05, 0.1) is 11.3 Å². The highest BCUT2D eigenvalue weighted by atomic mass is 79.9. The quantitative estimate of drug-likeness (QED) is 0.843. The standard InChI is InChI=1S/C12H14BrNO3S/c1-3-14(2)11(15)7-18-10-6-8(13)4-5-9(10)12(16)17/h4-6H,3,7H2,1-2H3,(H,16,17). The number of hydrogen-bond donors (Lipinski definition) is 1. The molecule has 0 saturated carbocycles. The van der Waals surface area contributed by atoms with Crippen LogP contribution in [0.5, 0.6) is 0 Å². The molecule has 98 valence electrons. The van der Waals surface area contributed by atoms with Gasteiger partial charge in [0.25, 0.3) is 0 Å². The number of rotatable bonds is 5. The second-order valence-corrected chi connectivity index (χ2v) is 5.58. The number of amides is 1. The van der Waals surface area contributed by atoms with Gasteiger partial charge in [0.15, 0.2) is 0 Å². The molecule has 18 heavy (non-hydrogen) atoms. The van der Waals surface area contributed by atoms with Crippen molar-refractivity contribution in [3.63, 3.8) is 0 Å². The van der Waals surface area contributed by atoms with Crippen molar-refractivity contribution in [1.82, 2.24) is 4.90 Å². The van der Waals surface area contributed by atoms with Crippen LogP contribution in [0.25, 0.3) is 0 Å². The zero-order valence-electron chi connectivity index (χ0n) is 10.1. The Balaban J connectivity index is 2.81. The third-order valence-electron chi connectivity index (χ3n) is 2.43. The molecule has 0 fully saturated rings. The Morgan fingerprint density at radius 2 is 2.11 bits per heavy atom. The Morgan fingerprint density at radius 1 is 1.44 bits per heavy atom. The summed E-state index contributed by atoms with van der Waals surface area (Å²) in [5, 5.41) is 9.05. The molecule has 0 heterocycles. The minimum absolute atomic E-state index is 0.0150. The fourth-order valence-corrected chi connectivity index (χ4v) is 2.75. The van der Waals surface area contributed by atoms with Crippen LogP contribution in [-0.4, -0.2) is 41.2 Å². The van der Waals surface area contributed by atoms with Gasteiger partial charge in [-0.25, -0.2) is 4.79 Å². The smallest absolute Gasteiger partial charge is 0.336 e. The van der Waals surface area contributed by atoms with Gasteiger partial charge in [-0.2, -0.15) is 0 Å². The van der Waals surface area contributed by atoms with Gasteiger partial charge in [-0.1, -0.05) is 15.9 Å². The van der Waals surface area contributed by atoms with Crippen LogP contribution in [0, 0.1) is 0 Å². The van der Waals surface area contributed by atoms with Crippen LogP contribution < -0.4 is 0 Å². The summed E-state index contributed by atoms with van der Waals surface area (Å²) in [4.78, 5) is 24.9. The largest absolute Gasteiger partial charge is 0.478 e. The molecular formula is C12H14BrNO3S. The lowest BCUT2D eigenvalue weighted by atomic mass is 10.2. The number of carboxylic acids is 1. The number of nitrogens with zero attached hydrogens (tertiary/aromatic N) is 1. The van der Waals surface area contributed by atoms with Crippen LogP contribution in [0.1, 0.15) is 17.3 Å². The van der Waals surface area contributed by atoms with E-state index in [0.717, 1.165) is 4.47 Å². The first kappa shape index (κ1) is 15.0. The van der Waals surface area contributed by atoms with E-state index in [1.54, 1.807) is 24.1 Å². The van der Waals surface area contributed by atoms with Crippen molar-refractivity contribution in [3.05, 3.63) is 28.2 Å². The van der Waals surface area contributed by atoms with Crippen LogP contribution in [0.4, 0.5) is 0 Å². The van der Waals surface area contributed by atoms with E-state index in [9.17, 15) is 9.59 Å². The van der Waals surface area contributed by atoms with Gasteiger partial charge < -0.3 is 10.0 Å². The molecule has 0 radical (unpaired) electrons. The predicted molar refractivity (Wildman–Crippen MR) is 75.1 cm³/mol. The minimum Gasteiger partial charge on any atom is -0.478 e. The number of carbonyl (C=O) groups excluding carboxylic acids is 1. The molecule has 6 heteroatoms. The summed E-state index contributed by atoms with van der Waals surface area (Å²) in [6.45, 7) is 2.54. The Hall–Kier alpha value is -1.01. The summed E-state index contributed by atoms with van der Waals surface area (Å²) >= 11 is 4.53. The Morgan fingerprint density at radius 3 is 2.67 bits per heavy atom. The van der Waals surface area contributed by atoms with Crippen LogP contribution in [0.2, 0.25) is 0 Å². The van der Waals surface area contributed by atoms with Crippen molar-refractivity contribution in [2.75, 3.05) is 19.3 Å². The van der Waals surface area contributed by atoms with Gasteiger partial charge in [0.1, 0.15) is 0 Å². The normalized spacial score (nSPS) is 10.2. The monoisotopic (exact) mass is 331 g/mol. The van der Waals surface area contributed by atoms with E-state index in [2.05, 4.69) is 15.9 Å². The zero-order chi connectivity index (χ0) is 13.7. The average Bonchev–Trinajstić information content (AvgIpc) is 2.34. The highest BCUT2D eigenvalue weighted by Crippen LogP contribution is 2.26. The van der Waals surface area contributed by atoms with E-state index in [-0.39, 0.29) is 17.2 Å². The minimum atomic E-state index is -0.985. The summed E-state index contributed by atoms with van der Waals surface area (Å²) < 4.78 is 0.797. The molecule has 1 N–H and O–H groups in total. The Bertz CT molecular complexity index is 465. The summed E-state index contributed by atoms with van der Waals surface area (Å²) in [7, 11) is 1.72. The molecule has 1 aromatic rings. The molecule has 0 aromatic heterocycles. The fraction of sp³-hybridized carbons (Fsp3) is 0.333. The fourth-order valence-electron chi connectivity index (χ4n) is 1.22. The van der Waals surface area contributed by atoms with E-state index in [4.69, 9.17) is 5.11 Å². The Labute approximate surface area is 118 Å². The van der Waals surface area contributed by atoms with E-state index in [1.807, 2.05) is 6.92 Å². The summed E-state index contributed by atoms with van der Waals surface area (Å²) in [6, 6.07) is 4.92. The number of thioether (sulfide) groups is 1. The van der Waals surface area contributed by atoms with Crippen LogP contribution in [0.3, 0.4) is 0 Å². The molecule has 1 rings (SSSR count). The molecule has 1 amide bonds. The molecule has 0 saturated heterocycles. The average molecular weight is 332 g/mol. The lowest BCUT2D eigenvalue weighted by Gasteiger charge is -2.14. The summed E-state index contributed by atoms with van der Waals surface area (Å²) in [6.07, 6.45) is 0. The number of carbonyl (C=O) groups is 2. The maximum Gasteiger partial charge on any atom is 0.336 e. The number of benzene rings is 1. The van der Waals surface area contributed by atoms with Crippen molar-refractivity contribution in [2.45, 2.75) is 11.8 Å². The highest BCUT2D eigenvalue weighted by Gasteiger charge is 2.13. The highest BCUT2D eigenvalue weighted by molar-refractivity contribution is 9.10. The van der Waals surface area contributed by atoms with Gasteiger partial charge in [0.2, 0.25) is 5.91 Å². The maximum absolute atomic E-state index is 11.7. The molecule has 4 nitrogen and oxygen atoms in total. The third-order valence-corrected chi connectivity index (χ3v) is 3.96. The lowest BCUT2D eigenvalue weighted by Crippen LogP contribution is -2.27. The molecule has 0 unspecified atom stereocenters. The maximum atomic E-state index is 11.7. The molecular weight excluding hydrogens is 318 g/mol. The number of carboxylic acid groups (broad SMARTS) is 1. The predicted octanol–water partition coefficient (Wildman–Crippen LogP) is 2.72. The number of hydrogen-bond acceptors (Lipinski definition) is 3. The van der Waals surface area contributed by atoms with Crippen molar-refractivity contribution < 1.29 is 14.7 Å². The second kappa shape index (κ2) is 6.80. The molecule has 0 bridgehead atoms. The number of aromatic carboxylic acids is 1. The topological polar surface area (TPSA) is 57.6 Å². The summed E-state index contributed by atoms with van der Waals surface area (Å²) in [5.74, 6) is -0.763. The van der Waals surface area contributed by atoms with Gasteiger partial charge in [-0.3, -0.25) is 4.79 Å². The van der Waals surface area contributed by atoms with E-state index < -0.39 is 5.97 Å².